The van der Waals surface area contributed by atoms with Crippen LogP contribution in [0.3, 0.4) is 0 Å². The summed E-state index contributed by atoms with van der Waals surface area (Å²) in [4.78, 5) is 0. The molecule has 27 heavy (non-hydrogen) atoms. The van der Waals surface area contributed by atoms with Crippen molar-refractivity contribution in [2.24, 2.45) is 5.41 Å². The van der Waals surface area contributed by atoms with Crippen LogP contribution in [0.15, 0.2) is 36.4 Å². The molecule has 146 valence electrons. The Bertz CT molecular complexity index is 827. The molecule has 1 aliphatic rings. The number of ether oxygens (including phenoxy) is 1. The van der Waals surface area contributed by atoms with Crippen molar-refractivity contribution in [1.82, 2.24) is 0 Å². The molecule has 0 aromatic heterocycles. The highest BCUT2D eigenvalue weighted by molar-refractivity contribution is 5.71. The van der Waals surface area contributed by atoms with E-state index in [0.29, 0.717) is 11.1 Å². The summed E-state index contributed by atoms with van der Waals surface area (Å²) in [6, 6.07) is 8.21. The number of hydrogen-bond donors (Lipinski definition) is 1. The van der Waals surface area contributed by atoms with Crippen molar-refractivity contribution in [3.8, 4) is 16.9 Å². The van der Waals surface area contributed by atoms with Gasteiger partial charge < -0.3 is 9.84 Å². The fraction of sp³-hybridized carbons (Fsp3) is 0.429. The molecule has 1 fully saturated rings. The second kappa shape index (κ2) is 7.15. The SMILES string of the molecule is CC1(C)CCC[C@H]1c1cc(CO)ccc1-c1cc(OC(F)(F)F)ccc1F. The highest BCUT2D eigenvalue weighted by Crippen LogP contribution is 2.51. The van der Waals surface area contributed by atoms with Crippen molar-refractivity contribution >= 4 is 0 Å². The van der Waals surface area contributed by atoms with Gasteiger partial charge in [-0.25, -0.2) is 4.39 Å². The van der Waals surface area contributed by atoms with E-state index in [-0.39, 0.29) is 23.5 Å². The molecular formula is C21H22F4O2. The maximum Gasteiger partial charge on any atom is 0.573 e. The van der Waals surface area contributed by atoms with Crippen LogP contribution in [0.25, 0.3) is 11.1 Å². The Morgan fingerprint density at radius 3 is 2.44 bits per heavy atom. The maximum atomic E-state index is 14.5. The van der Waals surface area contributed by atoms with Gasteiger partial charge in [0.25, 0.3) is 0 Å². The number of aliphatic hydroxyl groups is 1. The van der Waals surface area contributed by atoms with Crippen LogP contribution < -0.4 is 4.74 Å². The first kappa shape index (κ1) is 19.7. The van der Waals surface area contributed by atoms with Gasteiger partial charge in [0.15, 0.2) is 0 Å². The molecule has 6 heteroatoms. The normalized spacial score (nSPS) is 19.3. The molecule has 2 nitrogen and oxygen atoms in total. The number of benzene rings is 2. The summed E-state index contributed by atoms with van der Waals surface area (Å²) in [6.07, 6.45) is -1.89. The smallest absolute Gasteiger partial charge is 0.406 e. The molecule has 0 bridgehead atoms. The zero-order chi connectivity index (χ0) is 19.8. The van der Waals surface area contributed by atoms with Crippen molar-refractivity contribution in [1.29, 1.82) is 0 Å². The van der Waals surface area contributed by atoms with Crippen molar-refractivity contribution < 1.29 is 27.4 Å². The van der Waals surface area contributed by atoms with Crippen molar-refractivity contribution in [3.05, 3.63) is 53.3 Å². The number of rotatable bonds is 4. The molecular weight excluding hydrogens is 360 g/mol. The molecule has 0 amide bonds. The van der Waals surface area contributed by atoms with E-state index < -0.39 is 17.9 Å². The summed E-state index contributed by atoms with van der Waals surface area (Å²) in [5.41, 5.74) is 2.14. The van der Waals surface area contributed by atoms with Gasteiger partial charge in [0.05, 0.1) is 6.61 Å². The zero-order valence-corrected chi connectivity index (χ0v) is 15.2. The minimum Gasteiger partial charge on any atom is -0.406 e. The Morgan fingerprint density at radius 1 is 1.11 bits per heavy atom. The fourth-order valence-corrected chi connectivity index (χ4v) is 4.06. The summed E-state index contributed by atoms with van der Waals surface area (Å²) in [5, 5.41) is 9.50. The maximum absolute atomic E-state index is 14.5. The summed E-state index contributed by atoms with van der Waals surface area (Å²) in [7, 11) is 0. The minimum absolute atomic E-state index is 0.0145. The van der Waals surface area contributed by atoms with Crippen LogP contribution in [0.4, 0.5) is 17.6 Å². The van der Waals surface area contributed by atoms with Crippen LogP contribution in [0.1, 0.15) is 50.2 Å². The van der Waals surface area contributed by atoms with Gasteiger partial charge in [0.1, 0.15) is 11.6 Å². The Labute approximate surface area is 155 Å². The van der Waals surface area contributed by atoms with Gasteiger partial charge in [-0.1, -0.05) is 38.5 Å². The summed E-state index contributed by atoms with van der Waals surface area (Å²) >= 11 is 0. The highest BCUT2D eigenvalue weighted by atomic mass is 19.4. The van der Waals surface area contributed by atoms with Crippen molar-refractivity contribution in [2.45, 2.75) is 52.0 Å². The number of aliphatic hydroxyl groups excluding tert-OH is 1. The third-order valence-corrected chi connectivity index (χ3v) is 5.39. The van der Waals surface area contributed by atoms with Crippen molar-refractivity contribution in [3.63, 3.8) is 0 Å². The highest BCUT2D eigenvalue weighted by Gasteiger charge is 2.37. The monoisotopic (exact) mass is 382 g/mol. The predicted octanol–water partition coefficient (Wildman–Crippen LogP) is 6.18. The molecule has 3 rings (SSSR count). The van der Waals surface area contributed by atoms with E-state index in [1.807, 2.05) is 6.07 Å². The molecule has 0 aliphatic heterocycles. The Morgan fingerprint density at radius 2 is 1.85 bits per heavy atom. The minimum atomic E-state index is -4.84. The van der Waals surface area contributed by atoms with E-state index in [1.54, 1.807) is 12.1 Å². The summed E-state index contributed by atoms with van der Waals surface area (Å²) in [6.45, 7) is 4.12. The van der Waals surface area contributed by atoms with Gasteiger partial charge in [-0.05, 0) is 59.1 Å². The molecule has 2 aromatic rings. The lowest BCUT2D eigenvalue weighted by atomic mass is 9.75. The van der Waals surface area contributed by atoms with E-state index >= 15 is 0 Å². The van der Waals surface area contributed by atoms with Crippen molar-refractivity contribution in [2.75, 3.05) is 0 Å². The van der Waals surface area contributed by atoms with E-state index in [4.69, 9.17) is 0 Å². The van der Waals surface area contributed by atoms with E-state index in [9.17, 15) is 22.7 Å². The van der Waals surface area contributed by atoms with Crippen LogP contribution in [0.2, 0.25) is 0 Å². The molecule has 0 radical (unpaired) electrons. The second-order valence-electron chi connectivity index (χ2n) is 7.70. The number of alkyl halides is 3. The quantitative estimate of drug-likeness (QED) is 0.640. The Balaban J connectivity index is 2.13. The Kier molecular flexibility index (Phi) is 5.21. The number of halogens is 4. The molecule has 1 saturated carbocycles. The molecule has 1 aliphatic carbocycles. The van der Waals surface area contributed by atoms with Crippen LogP contribution in [-0.2, 0) is 6.61 Å². The van der Waals surface area contributed by atoms with E-state index in [2.05, 4.69) is 18.6 Å². The lowest BCUT2D eigenvalue weighted by Gasteiger charge is -2.30. The largest absolute Gasteiger partial charge is 0.573 e. The van der Waals surface area contributed by atoms with Gasteiger partial charge in [-0.2, -0.15) is 0 Å². The van der Waals surface area contributed by atoms with Crippen LogP contribution in [0.5, 0.6) is 5.75 Å². The standard InChI is InChI=1S/C21H22F4O2/c1-20(2)9-3-4-18(20)16-10-13(12-26)5-7-15(16)17-11-14(6-8-19(17)22)27-21(23,24)25/h5-8,10-11,18,26H,3-4,9,12H2,1-2H3/t18-/m0/s1. The lowest BCUT2D eigenvalue weighted by Crippen LogP contribution is -2.17. The average molecular weight is 382 g/mol. The van der Waals surface area contributed by atoms with Gasteiger partial charge in [-0.3, -0.25) is 0 Å². The molecule has 0 spiro atoms. The van der Waals surface area contributed by atoms with Crippen LogP contribution in [0, 0.1) is 11.2 Å². The molecule has 0 saturated heterocycles. The topological polar surface area (TPSA) is 29.5 Å². The first-order valence-electron chi connectivity index (χ1n) is 8.90. The van der Waals surface area contributed by atoms with Gasteiger partial charge in [-0.15, -0.1) is 13.2 Å². The second-order valence-corrected chi connectivity index (χ2v) is 7.70. The van der Waals surface area contributed by atoms with E-state index in [1.165, 1.54) is 0 Å². The number of hydrogen-bond acceptors (Lipinski definition) is 2. The fourth-order valence-electron chi connectivity index (χ4n) is 4.06. The zero-order valence-electron chi connectivity index (χ0n) is 15.2. The molecule has 1 atom stereocenters. The lowest BCUT2D eigenvalue weighted by molar-refractivity contribution is -0.274. The molecule has 0 heterocycles. The summed E-state index contributed by atoms with van der Waals surface area (Å²) in [5.74, 6) is -0.939. The van der Waals surface area contributed by atoms with E-state index in [0.717, 1.165) is 43.0 Å². The van der Waals surface area contributed by atoms with Gasteiger partial charge in [0, 0.05) is 5.56 Å². The molecule has 0 unspecified atom stereocenters. The third kappa shape index (κ3) is 4.26. The Hall–Kier alpha value is -2.08. The van der Waals surface area contributed by atoms with Gasteiger partial charge >= 0.3 is 6.36 Å². The molecule has 1 N–H and O–H groups in total. The van der Waals surface area contributed by atoms with Crippen LogP contribution >= 0.6 is 0 Å². The first-order valence-corrected chi connectivity index (χ1v) is 8.90. The average Bonchev–Trinajstić information content (AvgIpc) is 2.94. The van der Waals surface area contributed by atoms with Gasteiger partial charge in [0.2, 0.25) is 0 Å². The van der Waals surface area contributed by atoms with Crippen LogP contribution in [-0.4, -0.2) is 11.5 Å². The third-order valence-electron chi connectivity index (χ3n) is 5.39. The molecule has 2 aromatic carbocycles. The predicted molar refractivity (Wildman–Crippen MR) is 94.8 cm³/mol. The first-order chi connectivity index (χ1) is 12.6. The summed E-state index contributed by atoms with van der Waals surface area (Å²) < 4.78 is 56.2.